The van der Waals surface area contributed by atoms with Crippen molar-refractivity contribution in [3.63, 3.8) is 0 Å². The highest BCUT2D eigenvalue weighted by Crippen LogP contribution is 2.35. The molecule has 0 aromatic rings. The van der Waals surface area contributed by atoms with E-state index in [1.54, 1.807) is 11.8 Å². The van der Waals surface area contributed by atoms with E-state index in [0.29, 0.717) is 4.99 Å². The van der Waals surface area contributed by atoms with Crippen LogP contribution in [0.1, 0.15) is 46.5 Å². The van der Waals surface area contributed by atoms with Gasteiger partial charge in [0.05, 0.1) is 15.8 Å². The van der Waals surface area contributed by atoms with Crippen molar-refractivity contribution in [2.45, 2.75) is 63.3 Å². The van der Waals surface area contributed by atoms with E-state index in [0.717, 1.165) is 38.8 Å². The van der Waals surface area contributed by atoms with Gasteiger partial charge in [-0.25, -0.2) is 0 Å². The molecule has 1 heterocycles. The van der Waals surface area contributed by atoms with E-state index in [1.807, 2.05) is 6.92 Å². The summed E-state index contributed by atoms with van der Waals surface area (Å²) >= 11 is 6.98. The summed E-state index contributed by atoms with van der Waals surface area (Å²) in [5.74, 6) is 0.135. The predicted octanol–water partition coefficient (Wildman–Crippen LogP) is 2.16. The highest BCUT2D eigenvalue weighted by Gasteiger charge is 2.38. The maximum absolute atomic E-state index is 12.3. The molecule has 122 valence electrons. The highest BCUT2D eigenvalue weighted by atomic mass is 32.2. The Hall–Kier alpha value is -0.330. The van der Waals surface area contributed by atoms with Gasteiger partial charge < -0.3 is 11.1 Å². The molecule has 0 radical (unpaired) electrons. The summed E-state index contributed by atoms with van der Waals surface area (Å²) < 4.78 is -0.0859. The van der Waals surface area contributed by atoms with E-state index in [-0.39, 0.29) is 22.7 Å². The van der Waals surface area contributed by atoms with E-state index in [1.165, 1.54) is 0 Å². The number of carbonyl (C=O) groups is 1. The molecule has 21 heavy (non-hydrogen) atoms. The first kappa shape index (κ1) is 18.7. The van der Waals surface area contributed by atoms with E-state index >= 15 is 0 Å². The molecule has 3 N–H and O–H groups in total. The molecular weight excluding hydrogens is 302 g/mol. The minimum atomic E-state index is -0.0863. The van der Waals surface area contributed by atoms with Crippen molar-refractivity contribution in [3.8, 4) is 0 Å². The lowest BCUT2D eigenvalue weighted by Gasteiger charge is -2.42. The standard InChI is InChI=1S/C15H29N3OS2/c1-5-12(6-2)17-13(19)11(3)18-9-7-15(21-4,8-10-18)14(16)20/h11-12H,5-10H2,1-4H3,(H2,16,20)(H,17,19). The largest absolute Gasteiger partial charge is 0.392 e. The third kappa shape index (κ3) is 4.57. The van der Waals surface area contributed by atoms with Gasteiger partial charge in [-0.3, -0.25) is 9.69 Å². The lowest BCUT2D eigenvalue weighted by atomic mass is 9.94. The first-order chi connectivity index (χ1) is 9.90. The highest BCUT2D eigenvalue weighted by molar-refractivity contribution is 8.02. The van der Waals surface area contributed by atoms with Crippen LogP contribution in [0.4, 0.5) is 0 Å². The van der Waals surface area contributed by atoms with Gasteiger partial charge in [0.15, 0.2) is 0 Å². The second-order valence-electron chi connectivity index (χ2n) is 5.80. The molecule has 0 spiro atoms. The number of nitrogens with zero attached hydrogens (tertiary/aromatic N) is 1. The van der Waals surface area contributed by atoms with Crippen LogP contribution >= 0.6 is 24.0 Å². The smallest absolute Gasteiger partial charge is 0.237 e. The van der Waals surface area contributed by atoms with Crippen LogP contribution in [0.15, 0.2) is 0 Å². The van der Waals surface area contributed by atoms with Gasteiger partial charge in [-0.15, -0.1) is 0 Å². The first-order valence-electron chi connectivity index (χ1n) is 7.79. The van der Waals surface area contributed by atoms with Crippen LogP contribution in [-0.2, 0) is 4.79 Å². The number of nitrogens with two attached hydrogens (primary N) is 1. The summed E-state index contributed by atoms with van der Waals surface area (Å²) in [5.41, 5.74) is 5.91. The van der Waals surface area contributed by atoms with Gasteiger partial charge in [0, 0.05) is 19.1 Å². The second-order valence-corrected chi connectivity index (χ2v) is 7.43. The van der Waals surface area contributed by atoms with Gasteiger partial charge in [-0.05, 0) is 38.9 Å². The summed E-state index contributed by atoms with van der Waals surface area (Å²) in [4.78, 5) is 15.2. The number of hydrogen-bond acceptors (Lipinski definition) is 4. The molecule has 6 heteroatoms. The summed E-state index contributed by atoms with van der Waals surface area (Å²) in [7, 11) is 0. The van der Waals surface area contributed by atoms with E-state index in [4.69, 9.17) is 18.0 Å². The Balaban J connectivity index is 2.57. The van der Waals surface area contributed by atoms with Crippen LogP contribution < -0.4 is 11.1 Å². The van der Waals surface area contributed by atoms with Crippen LogP contribution in [-0.4, -0.2) is 52.0 Å². The van der Waals surface area contributed by atoms with Crippen molar-refractivity contribution in [2.75, 3.05) is 19.3 Å². The number of nitrogens with one attached hydrogen (secondary N) is 1. The number of piperidine rings is 1. The van der Waals surface area contributed by atoms with Crippen molar-refractivity contribution in [2.24, 2.45) is 5.73 Å². The molecule has 1 amide bonds. The van der Waals surface area contributed by atoms with Crippen LogP contribution in [0.5, 0.6) is 0 Å². The summed E-state index contributed by atoms with van der Waals surface area (Å²) in [6.45, 7) is 7.94. The Labute approximate surface area is 138 Å². The number of amides is 1. The normalized spacial score (nSPS) is 20.2. The van der Waals surface area contributed by atoms with Crippen molar-refractivity contribution in [1.29, 1.82) is 0 Å². The summed E-state index contributed by atoms with van der Waals surface area (Å²) in [5, 5.41) is 3.13. The lowest BCUT2D eigenvalue weighted by molar-refractivity contribution is -0.127. The molecule has 1 unspecified atom stereocenters. The Morgan fingerprint density at radius 1 is 1.38 bits per heavy atom. The Morgan fingerprint density at radius 3 is 2.29 bits per heavy atom. The third-order valence-corrected chi connectivity index (χ3v) is 6.63. The molecule has 0 bridgehead atoms. The predicted molar refractivity (Wildman–Crippen MR) is 95.8 cm³/mol. The third-order valence-electron chi connectivity index (χ3n) is 4.70. The van der Waals surface area contributed by atoms with Crippen molar-refractivity contribution in [1.82, 2.24) is 10.2 Å². The molecule has 4 nitrogen and oxygen atoms in total. The zero-order valence-electron chi connectivity index (χ0n) is 13.6. The van der Waals surface area contributed by atoms with Gasteiger partial charge in [-0.2, -0.15) is 11.8 Å². The molecule has 0 aromatic heterocycles. The van der Waals surface area contributed by atoms with Gasteiger partial charge in [0.1, 0.15) is 0 Å². The fraction of sp³-hybridized carbons (Fsp3) is 0.867. The molecule has 0 saturated carbocycles. The van der Waals surface area contributed by atoms with Crippen LogP contribution in [0.25, 0.3) is 0 Å². The average Bonchev–Trinajstić information content (AvgIpc) is 2.51. The Morgan fingerprint density at radius 2 is 1.90 bits per heavy atom. The molecule has 1 atom stereocenters. The van der Waals surface area contributed by atoms with E-state index in [2.05, 4.69) is 30.3 Å². The van der Waals surface area contributed by atoms with Crippen LogP contribution in [0.3, 0.4) is 0 Å². The van der Waals surface area contributed by atoms with Crippen molar-refractivity contribution >= 4 is 34.9 Å². The number of carbonyl (C=O) groups excluding carboxylic acids is 1. The quantitative estimate of drug-likeness (QED) is 0.700. The van der Waals surface area contributed by atoms with Gasteiger partial charge >= 0.3 is 0 Å². The molecular formula is C15H29N3OS2. The first-order valence-corrected chi connectivity index (χ1v) is 9.43. The summed E-state index contributed by atoms with van der Waals surface area (Å²) in [6, 6.07) is 0.198. The maximum atomic E-state index is 12.3. The monoisotopic (exact) mass is 331 g/mol. The fourth-order valence-corrected chi connectivity index (χ4v) is 4.05. The average molecular weight is 332 g/mol. The maximum Gasteiger partial charge on any atom is 0.237 e. The Kier molecular flexibility index (Phi) is 7.44. The topological polar surface area (TPSA) is 58.4 Å². The van der Waals surface area contributed by atoms with E-state index in [9.17, 15) is 4.79 Å². The van der Waals surface area contributed by atoms with Crippen molar-refractivity contribution < 1.29 is 4.79 Å². The number of likely N-dealkylation sites (tertiary alicyclic amines) is 1. The number of hydrogen-bond donors (Lipinski definition) is 2. The fourth-order valence-electron chi connectivity index (χ4n) is 2.80. The molecule has 1 fully saturated rings. The minimum absolute atomic E-state index is 0.0859. The second kappa shape index (κ2) is 8.34. The number of thioether (sulfide) groups is 1. The molecule has 1 rings (SSSR count). The SMILES string of the molecule is CCC(CC)NC(=O)C(C)N1CCC(SC)(C(N)=S)CC1. The van der Waals surface area contributed by atoms with Gasteiger partial charge in [0.2, 0.25) is 5.91 Å². The van der Waals surface area contributed by atoms with Gasteiger partial charge in [0.25, 0.3) is 0 Å². The molecule has 1 aliphatic rings. The summed E-state index contributed by atoms with van der Waals surface area (Å²) in [6.07, 6.45) is 5.87. The molecule has 0 aliphatic carbocycles. The molecule has 1 saturated heterocycles. The zero-order valence-corrected chi connectivity index (χ0v) is 15.3. The Bertz CT molecular complexity index is 364. The lowest BCUT2D eigenvalue weighted by Crippen LogP contribution is -2.55. The van der Waals surface area contributed by atoms with Crippen LogP contribution in [0.2, 0.25) is 0 Å². The molecule has 1 aliphatic heterocycles. The van der Waals surface area contributed by atoms with Gasteiger partial charge in [-0.1, -0.05) is 26.1 Å². The number of rotatable bonds is 7. The van der Waals surface area contributed by atoms with E-state index < -0.39 is 0 Å². The zero-order chi connectivity index (χ0) is 16.0. The molecule has 0 aromatic carbocycles. The number of thiocarbonyl (C=S) groups is 1. The van der Waals surface area contributed by atoms with Crippen LogP contribution in [0, 0.1) is 0 Å². The van der Waals surface area contributed by atoms with Crippen molar-refractivity contribution in [3.05, 3.63) is 0 Å². The minimum Gasteiger partial charge on any atom is -0.392 e.